The van der Waals surface area contributed by atoms with E-state index in [2.05, 4.69) is 121 Å². The van der Waals surface area contributed by atoms with Crippen LogP contribution in [0, 0.1) is 0 Å². The molecule has 0 heterocycles. The lowest BCUT2D eigenvalue weighted by atomic mass is 9.97. The molecule has 4 aromatic carbocycles. The highest BCUT2D eigenvalue weighted by Gasteiger charge is 2.23. The summed E-state index contributed by atoms with van der Waals surface area (Å²) < 4.78 is 0. The molecule has 0 bridgehead atoms. The van der Waals surface area contributed by atoms with Gasteiger partial charge in [0.25, 0.3) is 0 Å². The predicted molar refractivity (Wildman–Crippen MR) is 150 cm³/mol. The van der Waals surface area contributed by atoms with Crippen LogP contribution in [0.4, 0.5) is 0 Å². The first-order valence-electron chi connectivity index (χ1n) is 12.8. The molecule has 0 nitrogen and oxygen atoms in total. The summed E-state index contributed by atoms with van der Waals surface area (Å²) in [5.41, 5.74) is 19.1. The molecule has 0 N–H and O–H groups in total. The summed E-state index contributed by atoms with van der Waals surface area (Å²) in [6.07, 6.45) is 2.04. The topological polar surface area (TPSA) is 0 Å². The third kappa shape index (κ3) is 2.88. The Morgan fingerprint density at radius 2 is 0.694 bits per heavy atom. The summed E-state index contributed by atoms with van der Waals surface area (Å²) in [4.78, 5) is 0. The maximum Gasteiger partial charge on any atom is -0.00132 e. The van der Waals surface area contributed by atoms with Gasteiger partial charge in [0.1, 0.15) is 0 Å². The van der Waals surface area contributed by atoms with E-state index >= 15 is 0 Å². The minimum Gasteiger partial charge on any atom is -0.0622 e. The van der Waals surface area contributed by atoms with Gasteiger partial charge in [-0.3, -0.25) is 0 Å². The van der Waals surface area contributed by atoms with Crippen LogP contribution in [0.3, 0.4) is 0 Å². The molecule has 0 aliphatic heterocycles. The van der Waals surface area contributed by atoms with Crippen LogP contribution >= 0.6 is 0 Å². The molecule has 0 heteroatoms. The Labute approximate surface area is 211 Å². The van der Waals surface area contributed by atoms with Crippen LogP contribution in [0.25, 0.3) is 55.6 Å². The van der Waals surface area contributed by atoms with E-state index in [4.69, 9.17) is 0 Å². The molecule has 0 atom stereocenters. The summed E-state index contributed by atoms with van der Waals surface area (Å²) in [6.45, 7) is 0. The fraction of sp³-hybridized carbons (Fsp3) is 0.0556. The predicted octanol–water partition coefficient (Wildman–Crippen LogP) is 9.27. The maximum absolute atomic E-state index is 2.42. The Kier molecular flexibility index (Phi) is 4.15. The van der Waals surface area contributed by atoms with Gasteiger partial charge in [0.2, 0.25) is 0 Å². The van der Waals surface area contributed by atoms with Crippen molar-refractivity contribution < 1.29 is 0 Å². The number of hydrogen-bond acceptors (Lipinski definition) is 0. The van der Waals surface area contributed by atoms with Crippen molar-refractivity contribution >= 4 is 0 Å². The van der Waals surface area contributed by atoms with E-state index in [0.717, 1.165) is 12.8 Å². The van der Waals surface area contributed by atoms with Crippen molar-refractivity contribution in [2.75, 3.05) is 0 Å². The molecule has 4 aliphatic rings. The lowest BCUT2D eigenvalue weighted by molar-refractivity contribution is 1.26. The molecular formula is C36H24. The molecule has 0 unspecified atom stereocenters. The maximum atomic E-state index is 2.42. The van der Waals surface area contributed by atoms with Crippen molar-refractivity contribution in [1.82, 2.24) is 0 Å². The lowest BCUT2D eigenvalue weighted by Gasteiger charge is -2.07. The van der Waals surface area contributed by atoms with Crippen LogP contribution in [-0.2, 0) is 12.8 Å². The van der Waals surface area contributed by atoms with E-state index in [0.29, 0.717) is 0 Å². The highest BCUT2D eigenvalue weighted by atomic mass is 14.3. The van der Waals surface area contributed by atoms with E-state index in [1.165, 1.54) is 77.9 Å². The fourth-order valence-corrected chi connectivity index (χ4v) is 6.42. The summed E-state index contributed by atoms with van der Waals surface area (Å²) in [5.74, 6) is 0. The van der Waals surface area contributed by atoms with Gasteiger partial charge in [0.05, 0.1) is 0 Å². The van der Waals surface area contributed by atoms with Crippen molar-refractivity contribution in [3.05, 3.63) is 144 Å². The second kappa shape index (κ2) is 7.54. The summed E-state index contributed by atoms with van der Waals surface area (Å²) in [7, 11) is 0. The van der Waals surface area contributed by atoms with Crippen LogP contribution in [0.1, 0.15) is 22.3 Å². The van der Waals surface area contributed by atoms with Crippen LogP contribution in [-0.4, -0.2) is 0 Å². The molecule has 8 rings (SSSR count). The lowest BCUT2D eigenvalue weighted by Crippen LogP contribution is -1.83. The van der Waals surface area contributed by atoms with Crippen molar-refractivity contribution in [2.24, 2.45) is 0 Å². The molecule has 4 aromatic rings. The van der Waals surface area contributed by atoms with Gasteiger partial charge in [0, 0.05) is 0 Å². The fourth-order valence-electron chi connectivity index (χ4n) is 6.42. The third-order valence-electron chi connectivity index (χ3n) is 8.12. The Balaban J connectivity index is 1.27. The summed E-state index contributed by atoms with van der Waals surface area (Å²) in [5, 5.41) is 0. The number of benzene rings is 4. The minimum absolute atomic E-state index is 1.02. The van der Waals surface area contributed by atoms with Gasteiger partial charge in [-0.25, -0.2) is 0 Å². The molecule has 0 fully saturated rings. The third-order valence-corrected chi connectivity index (χ3v) is 8.12. The highest BCUT2D eigenvalue weighted by molar-refractivity contribution is 5.99. The van der Waals surface area contributed by atoms with Crippen LogP contribution in [0.15, 0.2) is 121 Å². The zero-order chi connectivity index (χ0) is 23.6. The van der Waals surface area contributed by atoms with Gasteiger partial charge < -0.3 is 0 Å². The second-order valence-electron chi connectivity index (χ2n) is 10.1. The van der Waals surface area contributed by atoms with E-state index in [1.54, 1.807) is 0 Å². The molecular weight excluding hydrogens is 432 g/mol. The van der Waals surface area contributed by atoms with Crippen molar-refractivity contribution in [2.45, 2.75) is 12.8 Å². The molecule has 0 radical (unpaired) electrons. The number of fused-ring (bicyclic) bond motifs is 7. The van der Waals surface area contributed by atoms with Crippen molar-refractivity contribution in [1.29, 1.82) is 0 Å². The normalized spacial score (nSPS) is 12.8. The summed E-state index contributed by atoms with van der Waals surface area (Å²) in [6, 6.07) is 45.2. The van der Waals surface area contributed by atoms with Crippen LogP contribution in [0.2, 0.25) is 0 Å². The van der Waals surface area contributed by atoms with E-state index in [9.17, 15) is 0 Å². The van der Waals surface area contributed by atoms with Gasteiger partial charge in [-0.15, -0.1) is 0 Å². The molecule has 0 amide bonds. The molecule has 36 heavy (non-hydrogen) atoms. The zero-order valence-electron chi connectivity index (χ0n) is 20.0. The SMILES string of the molecule is c1ccc2c(-c3ccc4c(c3)Cc3ccccc3-4)cc(-c3ccc4c(c3)Cc3ccccc3-4)c-2cc1. The monoisotopic (exact) mass is 456 g/mol. The van der Waals surface area contributed by atoms with E-state index in [1.807, 2.05) is 0 Å². The summed E-state index contributed by atoms with van der Waals surface area (Å²) >= 11 is 0. The first-order chi connectivity index (χ1) is 17.8. The van der Waals surface area contributed by atoms with Crippen LogP contribution < -0.4 is 0 Å². The first kappa shape index (κ1) is 19.8. The zero-order valence-corrected chi connectivity index (χ0v) is 20.0. The number of rotatable bonds is 2. The molecule has 0 saturated heterocycles. The molecule has 168 valence electrons. The molecule has 0 spiro atoms. The first-order valence-corrected chi connectivity index (χ1v) is 12.8. The average Bonchev–Trinajstić information content (AvgIpc) is 3.53. The Bertz CT molecular complexity index is 1660. The van der Waals surface area contributed by atoms with Gasteiger partial charge in [-0.05, 0) is 96.8 Å². The molecule has 0 aromatic heterocycles. The van der Waals surface area contributed by atoms with Gasteiger partial charge in [-0.1, -0.05) is 115 Å². The van der Waals surface area contributed by atoms with Gasteiger partial charge in [0.15, 0.2) is 0 Å². The Morgan fingerprint density at radius 3 is 1.22 bits per heavy atom. The van der Waals surface area contributed by atoms with E-state index < -0.39 is 0 Å². The minimum atomic E-state index is 1.02. The quantitative estimate of drug-likeness (QED) is 0.243. The van der Waals surface area contributed by atoms with Crippen molar-refractivity contribution in [3.8, 4) is 55.6 Å². The van der Waals surface area contributed by atoms with Crippen LogP contribution in [0.5, 0.6) is 0 Å². The molecule has 0 saturated carbocycles. The standard InChI is InChI=1S/C36H24/c1-2-12-33-34(13-3-1)36(26-15-17-32-28(21-26)19-24-9-5-7-11-30(24)32)22-35(33)25-14-16-31-27(20-25)18-23-8-4-6-10-29(23)31/h1-17,20-22H,18-19H2. The molecule has 4 aliphatic carbocycles. The Hall–Kier alpha value is -4.42. The highest BCUT2D eigenvalue weighted by Crippen LogP contribution is 2.47. The van der Waals surface area contributed by atoms with Gasteiger partial charge in [-0.2, -0.15) is 0 Å². The smallest absolute Gasteiger partial charge is 0.00132 e. The second-order valence-corrected chi connectivity index (χ2v) is 10.1. The Morgan fingerprint density at radius 1 is 0.278 bits per heavy atom. The average molecular weight is 457 g/mol. The largest absolute Gasteiger partial charge is 0.0622 e. The number of hydrogen-bond donors (Lipinski definition) is 0. The van der Waals surface area contributed by atoms with E-state index in [-0.39, 0.29) is 0 Å². The van der Waals surface area contributed by atoms with Crippen molar-refractivity contribution in [3.63, 3.8) is 0 Å². The van der Waals surface area contributed by atoms with Gasteiger partial charge >= 0.3 is 0 Å².